The van der Waals surface area contributed by atoms with Crippen LogP contribution in [0.15, 0.2) is 18.2 Å². The van der Waals surface area contributed by atoms with E-state index in [1.165, 1.54) is 18.2 Å². The van der Waals surface area contributed by atoms with Crippen LogP contribution in [0.2, 0.25) is 5.02 Å². The Bertz CT molecular complexity index is 448. The summed E-state index contributed by atoms with van der Waals surface area (Å²) in [7, 11) is 0. The SMILES string of the molecule is CC(COC(=O)c1ccc(Cl)c(N)c1)C(N)=O. The van der Waals surface area contributed by atoms with Crippen LogP contribution in [0, 0.1) is 5.92 Å². The first-order chi connectivity index (χ1) is 7.91. The number of nitrogens with two attached hydrogens (primary N) is 2. The van der Waals surface area contributed by atoms with Gasteiger partial charge in [-0.1, -0.05) is 18.5 Å². The molecule has 0 aliphatic heterocycles. The Morgan fingerprint density at radius 1 is 1.47 bits per heavy atom. The van der Waals surface area contributed by atoms with Crippen molar-refractivity contribution in [3.8, 4) is 0 Å². The lowest BCUT2D eigenvalue weighted by molar-refractivity contribution is -0.122. The number of primary amides is 1. The smallest absolute Gasteiger partial charge is 0.338 e. The molecule has 5 nitrogen and oxygen atoms in total. The number of ether oxygens (including phenoxy) is 1. The van der Waals surface area contributed by atoms with Crippen LogP contribution in [0.5, 0.6) is 0 Å². The predicted octanol–water partition coefficient (Wildman–Crippen LogP) is 1.20. The second kappa shape index (κ2) is 5.54. The number of benzene rings is 1. The molecule has 4 N–H and O–H groups in total. The highest BCUT2D eigenvalue weighted by Crippen LogP contribution is 2.19. The van der Waals surface area contributed by atoms with E-state index in [1.54, 1.807) is 6.92 Å². The number of amides is 1. The molecule has 1 rings (SSSR count). The first kappa shape index (κ1) is 13.3. The molecule has 6 heteroatoms. The largest absolute Gasteiger partial charge is 0.461 e. The summed E-state index contributed by atoms with van der Waals surface area (Å²) in [6, 6.07) is 4.42. The number of carbonyl (C=O) groups is 2. The number of hydrogen-bond donors (Lipinski definition) is 2. The zero-order valence-corrected chi connectivity index (χ0v) is 10.0. The number of esters is 1. The Morgan fingerprint density at radius 2 is 2.12 bits per heavy atom. The van der Waals surface area contributed by atoms with Crippen LogP contribution in [-0.4, -0.2) is 18.5 Å². The van der Waals surface area contributed by atoms with Gasteiger partial charge in [0, 0.05) is 0 Å². The van der Waals surface area contributed by atoms with Gasteiger partial charge in [-0.15, -0.1) is 0 Å². The monoisotopic (exact) mass is 256 g/mol. The number of halogens is 1. The van der Waals surface area contributed by atoms with E-state index in [2.05, 4.69) is 0 Å². The maximum Gasteiger partial charge on any atom is 0.338 e. The molecule has 1 unspecified atom stereocenters. The lowest BCUT2D eigenvalue weighted by atomic mass is 10.2. The molecule has 17 heavy (non-hydrogen) atoms. The van der Waals surface area contributed by atoms with Gasteiger partial charge in [-0.2, -0.15) is 0 Å². The van der Waals surface area contributed by atoms with Crippen molar-refractivity contribution in [2.24, 2.45) is 11.7 Å². The summed E-state index contributed by atoms with van der Waals surface area (Å²) in [6.45, 7) is 1.52. The van der Waals surface area contributed by atoms with Gasteiger partial charge in [0.2, 0.25) is 5.91 Å². The topological polar surface area (TPSA) is 95.4 Å². The average molecular weight is 257 g/mol. The summed E-state index contributed by atoms with van der Waals surface area (Å²) in [4.78, 5) is 22.3. The lowest BCUT2D eigenvalue weighted by Crippen LogP contribution is -2.25. The van der Waals surface area contributed by atoms with Gasteiger partial charge in [-0.05, 0) is 18.2 Å². The van der Waals surface area contributed by atoms with E-state index in [4.69, 9.17) is 27.8 Å². The number of rotatable bonds is 4. The number of hydrogen-bond acceptors (Lipinski definition) is 4. The molecule has 0 bridgehead atoms. The van der Waals surface area contributed by atoms with Gasteiger partial charge in [-0.25, -0.2) is 4.79 Å². The van der Waals surface area contributed by atoms with Crippen LogP contribution in [0.1, 0.15) is 17.3 Å². The summed E-state index contributed by atoms with van der Waals surface area (Å²) in [5.74, 6) is -1.61. The van der Waals surface area contributed by atoms with Gasteiger partial charge in [-0.3, -0.25) is 4.79 Å². The zero-order valence-electron chi connectivity index (χ0n) is 9.27. The molecule has 0 fully saturated rings. The molecule has 0 saturated heterocycles. The summed E-state index contributed by atoms with van der Waals surface area (Å²) in [5, 5.41) is 0.368. The van der Waals surface area contributed by atoms with Crippen molar-refractivity contribution in [1.29, 1.82) is 0 Å². The summed E-state index contributed by atoms with van der Waals surface area (Å²) < 4.78 is 4.91. The maximum absolute atomic E-state index is 11.6. The number of anilines is 1. The predicted molar refractivity (Wildman–Crippen MR) is 64.5 cm³/mol. The van der Waals surface area contributed by atoms with Gasteiger partial charge in [0.1, 0.15) is 6.61 Å². The molecule has 0 saturated carbocycles. The molecule has 0 aromatic heterocycles. The Morgan fingerprint density at radius 3 is 2.65 bits per heavy atom. The molecule has 1 aromatic carbocycles. The van der Waals surface area contributed by atoms with Crippen molar-refractivity contribution in [3.63, 3.8) is 0 Å². The van der Waals surface area contributed by atoms with Crippen molar-refractivity contribution in [1.82, 2.24) is 0 Å². The minimum absolute atomic E-state index is 0.0588. The van der Waals surface area contributed by atoms with Crippen LogP contribution < -0.4 is 11.5 Å². The normalized spacial score (nSPS) is 11.9. The number of carbonyl (C=O) groups excluding carboxylic acids is 2. The first-order valence-corrected chi connectivity index (χ1v) is 5.31. The van der Waals surface area contributed by atoms with Crippen LogP contribution in [0.25, 0.3) is 0 Å². The zero-order chi connectivity index (χ0) is 13.0. The maximum atomic E-state index is 11.6. The van der Waals surface area contributed by atoms with E-state index in [9.17, 15) is 9.59 Å². The standard InChI is InChI=1S/C11H13ClN2O3/c1-6(10(14)15)5-17-11(16)7-2-3-8(12)9(13)4-7/h2-4,6H,5,13H2,1H3,(H2,14,15). The third-order valence-corrected chi connectivity index (χ3v) is 2.53. The third kappa shape index (κ3) is 3.64. The molecule has 0 aliphatic carbocycles. The Hall–Kier alpha value is -1.75. The van der Waals surface area contributed by atoms with Gasteiger partial charge >= 0.3 is 5.97 Å². The van der Waals surface area contributed by atoms with Crippen molar-refractivity contribution in [2.45, 2.75) is 6.92 Å². The highest BCUT2D eigenvalue weighted by Gasteiger charge is 2.14. The highest BCUT2D eigenvalue weighted by atomic mass is 35.5. The van der Waals surface area contributed by atoms with Crippen LogP contribution in [0.4, 0.5) is 5.69 Å². The van der Waals surface area contributed by atoms with E-state index in [0.29, 0.717) is 10.7 Å². The Balaban J connectivity index is 2.64. The van der Waals surface area contributed by atoms with E-state index < -0.39 is 17.8 Å². The van der Waals surface area contributed by atoms with Gasteiger partial charge in [0.05, 0.1) is 22.2 Å². The minimum atomic E-state index is -0.568. The fraction of sp³-hybridized carbons (Fsp3) is 0.273. The summed E-state index contributed by atoms with van der Waals surface area (Å²) in [6.07, 6.45) is 0. The average Bonchev–Trinajstić information content (AvgIpc) is 2.28. The molecule has 0 spiro atoms. The quantitative estimate of drug-likeness (QED) is 0.625. The van der Waals surface area contributed by atoms with Crippen molar-refractivity contribution in [2.75, 3.05) is 12.3 Å². The molecule has 1 aromatic rings. The molecular weight excluding hydrogens is 244 g/mol. The molecular formula is C11H13ClN2O3. The van der Waals surface area contributed by atoms with E-state index in [-0.39, 0.29) is 12.2 Å². The van der Waals surface area contributed by atoms with E-state index in [1.807, 2.05) is 0 Å². The van der Waals surface area contributed by atoms with Crippen molar-refractivity contribution in [3.05, 3.63) is 28.8 Å². The van der Waals surface area contributed by atoms with Crippen LogP contribution in [-0.2, 0) is 9.53 Å². The Labute approximate surface area is 104 Å². The second-order valence-corrected chi connectivity index (χ2v) is 4.05. The minimum Gasteiger partial charge on any atom is -0.461 e. The van der Waals surface area contributed by atoms with Gasteiger partial charge in [0.15, 0.2) is 0 Å². The molecule has 1 atom stereocenters. The molecule has 0 aliphatic rings. The highest BCUT2D eigenvalue weighted by molar-refractivity contribution is 6.33. The first-order valence-electron chi connectivity index (χ1n) is 4.93. The van der Waals surface area contributed by atoms with Gasteiger partial charge < -0.3 is 16.2 Å². The lowest BCUT2D eigenvalue weighted by Gasteiger charge is -2.09. The van der Waals surface area contributed by atoms with Gasteiger partial charge in [0.25, 0.3) is 0 Å². The molecule has 1 amide bonds. The molecule has 0 heterocycles. The summed E-state index contributed by atoms with van der Waals surface area (Å²) >= 11 is 5.72. The summed E-state index contributed by atoms with van der Waals surface area (Å²) in [5.41, 5.74) is 11.2. The van der Waals surface area contributed by atoms with Crippen LogP contribution in [0.3, 0.4) is 0 Å². The number of nitrogen functional groups attached to an aromatic ring is 1. The molecule has 0 radical (unpaired) electrons. The Kier molecular flexibility index (Phi) is 4.34. The fourth-order valence-electron chi connectivity index (χ4n) is 1.04. The second-order valence-electron chi connectivity index (χ2n) is 3.64. The van der Waals surface area contributed by atoms with E-state index in [0.717, 1.165) is 0 Å². The molecule has 92 valence electrons. The fourth-order valence-corrected chi connectivity index (χ4v) is 1.15. The van der Waals surface area contributed by atoms with Crippen molar-refractivity contribution >= 4 is 29.2 Å². The third-order valence-electron chi connectivity index (χ3n) is 2.18. The van der Waals surface area contributed by atoms with E-state index >= 15 is 0 Å². The van der Waals surface area contributed by atoms with Crippen LogP contribution >= 0.6 is 11.6 Å². The van der Waals surface area contributed by atoms with Crippen molar-refractivity contribution < 1.29 is 14.3 Å².